The van der Waals surface area contributed by atoms with Gasteiger partial charge in [-0.05, 0) is 13.8 Å². The van der Waals surface area contributed by atoms with Gasteiger partial charge >= 0.3 is 0 Å². The van der Waals surface area contributed by atoms with E-state index < -0.39 is 29.3 Å². The predicted octanol–water partition coefficient (Wildman–Crippen LogP) is 3.28. The molecule has 184 valence electrons. The third kappa shape index (κ3) is 3.48. The fourth-order valence-electron chi connectivity index (χ4n) is 4.30. The fraction of sp³-hybridized carbons (Fsp3) is 0.292. The molecule has 2 aliphatic rings. The third-order valence-electron chi connectivity index (χ3n) is 6.31. The lowest BCUT2D eigenvalue weighted by molar-refractivity contribution is -0.140. The quantitative estimate of drug-likeness (QED) is 0.428. The molecule has 0 spiro atoms. The maximum Gasteiger partial charge on any atom is 0.268 e. The van der Waals surface area contributed by atoms with Gasteiger partial charge in [0.1, 0.15) is 5.82 Å². The number of ether oxygens (including phenoxy) is 2. The van der Waals surface area contributed by atoms with Gasteiger partial charge in [0.2, 0.25) is 5.67 Å². The molecular weight excluding hydrogens is 477 g/mol. The summed E-state index contributed by atoms with van der Waals surface area (Å²) in [6, 6.07) is 1.78. The Hall–Kier alpha value is -4.06. The van der Waals surface area contributed by atoms with Crippen LogP contribution in [0.2, 0.25) is 0 Å². The summed E-state index contributed by atoms with van der Waals surface area (Å²) in [7, 11) is 0. The number of halogens is 3. The van der Waals surface area contributed by atoms with Gasteiger partial charge < -0.3 is 9.47 Å². The average Bonchev–Trinajstić information content (AvgIpc) is 3.15. The lowest BCUT2D eigenvalue weighted by Gasteiger charge is -2.33. The van der Waals surface area contributed by atoms with Crippen molar-refractivity contribution in [1.82, 2.24) is 24.3 Å². The van der Waals surface area contributed by atoms with Crippen molar-refractivity contribution in [2.75, 3.05) is 18.1 Å². The molecule has 1 amide bonds. The summed E-state index contributed by atoms with van der Waals surface area (Å²) in [6.45, 7) is 3.10. The molecule has 1 atom stereocenters. The Morgan fingerprint density at radius 3 is 2.58 bits per heavy atom. The predicted molar refractivity (Wildman–Crippen MR) is 120 cm³/mol. The molecule has 5 heterocycles. The van der Waals surface area contributed by atoms with Crippen molar-refractivity contribution in [3.05, 3.63) is 65.8 Å². The summed E-state index contributed by atoms with van der Waals surface area (Å²) in [4.78, 5) is 31.4. The molecule has 36 heavy (non-hydrogen) atoms. The van der Waals surface area contributed by atoms with E-state index in [0.717, 1.165) is 6.07 Å². The smallest absolute Gasteiger partial charge is 0.268 e. The first-order chi connectivity index (χ1) is 17.2. The molecule has 4 aromatic rings. The molecule has 0 radical (unpaired) electrons. The number of hydrogen-bond donors (Lipinski definition) is 0. The van der Waals surface area contributed by atoms with E-state index in [-0.39, 0.29) is 37.0 Å². The van der Waals surface area contributed by atoms with Crippen LogP contribution in [0.4, 0.5) is 18.9 Å². The first kappa shape index (κ1) is 22.4. The van der Waals surface area contributed by atoms with E-state index in [4.69, 9.17) is 9.47 Å². The van der Waals surface area contributed by atoms with Gasteiger partial charge in [0.15, 0.2) is 29.1 Å². The first-order valence-electron chi connectivity index (χ1n) is 11.1. The molecule has 9 nitrogen and oxygen atoms in total. The van der Waals surface area contributed by atoms with Crippen LogP contribution in [0.15, 0.2) is 36.9 Å². The van der Waals surface area contributed by atoms with Gasteiger partial charge in [-0.3, -0.25) is 19.1 Å². The van der Waals surface area contributed by atoms with Gasteiger partial charge in [-0.1, -0.05) is 0 Å². The second-order valence-electron chi connectivity index (χ2n) is 8.82. The summed E-state index contributed by atoms with van der Waals surface area (Å²) in [5.41, 5.74) is 1.09. The number of hydrogen-bond acceptors (Lipinski definition) is 7. The van der Waals surface area contributed by atoms with E-state index in [1.807, 2.05) is 0 Å². The standard InChI is InChI=1S/C24H19F3N6O3/c1-12-19(9-33-18-4-15(25)3-16(26)21(18)36-13(2)22(33)34)32-8-17(28-7-20(32)31-12)14-5-29-23(30-6-14)24(27)10-35-11-24/h3-8,13H,9-11H2,1-2H3/t13-/m1/s1. The maximum absolute atomic E-state index is 14.5. The number of aryl methyl sites for hydroxylation is 1. The van der Waals surface area contributed by atoms with Crippen LogP contribution in [-0.2, 0) is 21.7 Å². The zero-order chi connectivity index (χ0) is 25.2. The van der Waals surface area contributed by atoms with E-state index in [1.165, 1.54) is 24.2 Å². The molecule has 1 saturated heterocycles. The monoisotopic (exact) mass is 496 g/mol. The van der Waals surface area contributed by atoms with Gasteiger partial charge in [-0.25, -0.2) is 28.1 Å². The van der Waals surface area contributed by atoms with Gasteiger partial charge in [0, 0.05) is 36.3 Å². The Balaban J connectivity index is 1.39. The minimum atomic E-state index is -1.68. The Labute approximate surface area is 202 Å². The van der Waals surface area contributed by atoms with Crippen LogP contribution in [0.25, 0.3) is 16.9 Å². The average molecular weight is 496 g/mol. The van der Waals surface area contributed by atoms with Crippen LogP contribution in [0.3, 0.4) is 0 Å². The summed E-state index contributed by atoms with van der Waals surface area (Å²) in [5.74, 6) is -2.29. The van der Waals surface area contributed by atoms with Crippen molar-refractivity contribution in [3.63, 3.8) is 0 Å². The zero-order valence-electron chi connectivity index (χ0n) is 19.2. The molecule has 6 rings (SSSR count). The van der Waals surface area contributed by atoms with Crippen molar-refractivity contribution < 1.29 is 27.4 Å². The molecule has 1 aromatic carbocycles. The van der Waals surface area contributed by atoms with Crippen LogP contribution in [0.1, 0.15) is 24.1 Å². The molecular formula is C24H19F3N6O3. The van der Waals surface area contributed by atoms with Gasteiger partial charge in [-0.2, -0.15) is 0 Å². The highest BCUT2D eigenvalue weighted by atomic mass is 19.1. The Morgan fingerprint density at radius 1 is 1.14 bits per heavy atom. The number of benzene rings is 1. The normalized spacial score (nSPS) is 18.6. The van der Waals surface area contributed by atoms with Gasteiger partial charge in [0.25, 0.3) is 5.91 Å². The molecule has 1 fully saturated rings. The number of amides is 1. The number of rotatable bonds is 4. The van der Waals surface area contributed by atoms with Crippen LogP contribution in [-0.4, -0.2) is 49.6 Å². The Kier molecular flexibility index (Phi) is 4.97. The van der Waals surface area contributed by atoms with Crippen molar-refractivity contribution in [1.29, 1.82) is 0 Å². The minimum absolute atomic E-state index is 0.00310. The van der Waals surface area contributed by atoms with E-state index in [2.05, 4.69) is 19.9 Å². The summed E-state index contributed by atoms with van der Waals surface area (Å²) < 4.78 is 55.0. The highest BCUT2D eigenvalue weighted by Gasteiger charge is 2.43. The van der Waals surface area contributed by atoms with Gasteiger partial charge in [-0.15, -0.1) is 0 Å². The van der Waals surface area contributed by atoms with Crippen LogP contribution in [0.5, 0.6) is 5.75 Å². The largest absolute Gasteiger partial charge is 0.476 e. The highest BCUT2D eigenvalue weighted by Crippen LogP contribution is 2.38. The maximum atomic E-state index is 14.5. The summed E-state index contributed by atoms with van der Waals surface area (Å²) >= 11 is 0. The van der Waals surface area contributed by atoms with Crippen molar-refractivity contribution >= 4 is 17.2 Å². The lowest BCUT2D eigenvalue weighted by Crippen LogP contribution is -2.44. The number of carbonyl (C=O) groups excluding carboxylic acids is 1. The van der Waals surface area contributed by atoms with Crippen LogP contribution < -0.4 is 9.64 Å². The Morgan fingerprint density at radius 2 is 1.89 bits per heavy atom. The molecule has 12 heteroatoms. The van der Waals surface area contributed by atoms with E-state index in [9.17, 15) is 18.0 Å². The molecule has 2 aliphatic heterocycles. The topological polar surface area (TPSA) is 94.7 Å². The molecule has 0 unspecified atom stereocenters. The van der Waals surface area contributed by atoms with E-state index >= 15 is 0 Å². The number of alkyl halides is 1. The SMILES string of the molecule is Cc1nc2cnc(-c3cnc(C4(F)COC4)nc3)cn2c1CN1C(=O)[C@@H](C)Oc2c(F)cc(F)cc21. The summed E-state index contributed by atoms with van der Waals surface area (Å²) in [6.07, 6.45) is 5.25. The second kappa shape index (κ2) is 7.98. The Bertz CT molecular complexity index is 1520. The zero-order valence-corrected chi connectivity index (χ0v) is 19.2. The molecule has 0 bridgehead atoms. The lowest BCUT2D eigenvalue weighted by atomic mass is 10.0. The molecule has 0 aliphatic carbocycles. The number of carbonyl (C=O) groups is 1. The number of fused-ring (bicyclic) bond motifs is 2. The van der Waals surface area contributed by atoms with E-state index in [0.29, 0.717) is 34.4 Å². The molecule has 0 saturated carbocycles. The van der Waals surface area contributed by atoms with Crippen LogP contribution in [0, 0.1) is 18.6 Å². The fourth-order valence-corrected chi connectivity index (χ4v) is 4.30. The van der Waals surface area contributed by atoms with Gasteiger partial charge in [0.05, 0.1) is 48.7 Å². The minimum Gasteiger partial charge on any atom is -0.476 e. The van der Waals surface area contributed by atoms with Crippen molar-refractivity contribution in [3.8, 4) is 17.0 Å². The molecule has 0 N–H and O–H groups in total. The highest BCUT2D eigenvalue weighted by molar-refractivity contribution is 5.99. The van der Waals surface area contributed by atoms with Crippen molar-refractivity contribution in [2.45, 2.75) is 32.2 Å². The third-order valence-corrected chi connectivity index (χ3v) is 6.31. The van der Waals surface area contributed by atoms with Crippen molar-refractivity contribution in [2.24, 2.45) is 0 Å². The number of imidazole rings is 1. The molecule has 3 aromatic heterocycles. The van der Waals surface area contributed by atoms with E-state index in [1.54, 1.807) is 23.7 Å². The second-order valence-corrected chi connectivity index (χ2v) is 8.82. The number of anilines is 1. The number of aromatic nitrogens is 5. The summed E-state index contributed by atoms with van der Waals surface area (Å²) in [5, 5.41) is 0. The first-order valence-corrected chi connectivity index (χ1v) is 11.1. The van der Waals surface area contributed by atoms with Crippen LogP contribution >= 0.6 is 0 Å². The number of nitrogens with zero attached hydrogens (tertiary/aromatic N) is 6.